The molecule has 0 aliphatic heterocycles. The van der Waals surface area contributed by atoms with Crippen molar-refractivity contribution >= 4 is 17.2 Å². The normalized spacial score (nSPS) is 10.0. The van der Waals surface area contributed by atoms with Crippen LogP contribution in [0.25, 0.3) is 5.95 Å². The first-order valence-electron chi connectivity index (χ1n) is 3.88. The number of nitrogens with two attached hydrogens (primary N) is 1. The van der Waals surface area contributed by atoms with Gasteiger partial charge < -0.3 is 5.73 Å². The predicted octanol–water partition coefficient (Wildman–Crippen LogP) is 0.297. The molecule has 5 nitrogen and oxygen atoms in total. The summed E-state index contributed by atoms with van der Waals surface area (Å²) in [5, 5.41) is 0. The van der Waals surface area contributed by atoms with Crippen LogP contribution in [0.15, 0.2) is 31.0 Å². The molecular formula is C8H7N5S. The predicted molar refractivity (Wildman–Crippen MR) is 55.0 cm³/mol. The van der Waals surface area contributed by atoms with Gasteiger partial charge in [0.15, 0.2) is 0 Å². The SMILES string of the molecule is NC(=S)c1ccnc(-n2ccnc2)n1. The van der Waals surface area contributed by atoms with Crippen molar-refractivity contribution in [3.8, 4) is 5.95 Å². The number of thiocarbonyl (C=S) groups is 1. The molecule has 0 spiro atoms. The van der Waals surface area contributed by atoms with E-state index in [1.165, 1.54) is 0 Å². The first-order chi connectivity index (χ1) is 6.77. The van der Waals surface area contributed by atoms with Gasteiger partial charge in [-0.1, -0.05) is 12.2 Å². The zero-order valence-electron chi connectivity index (χ0n) is 7.16. The molecule has 0 bridgehead atoms. The fraction of sp³-hybridized carbons (Fsp3) is 0. The van der Waals surface area contributed by atoms with Gasteiger partial charge in [0.1, 0.15) is 17.0 Å². The number of nitrogens with zero attached hydrogens (tertiary/aromatic N) is 4. The van der Waals surface area contributed by atoms with Crippen LogP contribution in [0, 0.1) is 0 Å². The monoisotopic (exact) mass is 205 g/mol. The largest absolute Gasteiger partial charge is 0.388 e. The van der Waals surface area contributed by atoms with Gasteiger partial charge in [-0.15, -0.1) is 0 Å². The molecule has 2 aromatic rings. The Morgan fingerprint density at radius 2 is 2.29 bits per heavy atom. The molecule has 6 heteroatoms. The summed E-state index contributed by atoms with van der Waals surface area (Å²) in [6.07, 6.45) is 6.62. The standard InChI is InChI=1S/C8H7N5S/c9-7(14)6-1-2-11-8(12-6)13-4-3-10-5-13/h1-5H,(H2,9,14). The molecule has 14 heavy (non-hydrogen) atoms. The number of aromatic nitrogens is 4. The third-order valence-electron chi connectivity index (χ3n) is 1.63. The molecule has 0 fully saturated rings. The zero-order valence-corrected chi connectivity index (χ0v) is 7.98. The lowest BCUT2D eigenvalue weighted by atomic mass is 10.4. The van der Waals surface area contributed by atoms with Crippen molar-refractivity contribution in [1.29, 1.82) is 0 Å². The third kappa shape index (κ3) is 1.60. The molecular weight excluding hydrogens is 198 g/mol. The van der Waals surface area contributed by atoms with Crippen molar-refractivity contribution in [2.45, 2.75) is 0 Å². The Hall–Kier alpha value is -1.82. The van der Waals surface area contributed by atoms with E-state index >= 15 is 0 Å². The fourth-order valence-corrected chi connectivity index (χ4v) is 1.10. The number of imidazole rings is 1. The molecule has 2 rings (SSSR count). The molecule has 0 unspecified atom stereocenters. The lowest BCUT2D eigenvalue weighted by Gasteiger charge is -2.01. The molecule has 2 heterocycles. The second-order valence-electron chi connectivity index (χ2n) is 2.58. The van der Waals surface area contributed by atoms with Crippen molar-refractivity contribution in [3.63, 3.8) is 0 Å². The summed E-state index contributed by atoms with van der Waals surface area (Å²) in [7, 11) is 0. The lowest BCUT2D eigenvalue weighted by Crippen LogP contribution is -2.13. The summed E-state index contributed by atoms with van der Waals surface area (Å²) in [6, 6.07) is 1.67. The smallest absolute Gasteiger partial charge is 0.235 e. The molecule has 2 aromatic heterocycles. The Bertz CT molecular complexity index is 451. The van der Waals surface area contributed by atoms with Gasteiger partial charge in [0.2, 0.25) is 5.95 Å². The second kappa shape index (κ2) is 3.51. The van der Waals surface area contributed by atoms with E-state index < -0.39 is 0 Å². The summed E-state index contributed by atoms with van der Waals surface area (Å²) >= 11 is 4.81. The van der Waals surface area contributed by atoms with Crippen molar-refractivity contribution in [3.05, 3.63) is 36.7 Å². The van der Waals surface area contributed by atoms with Gasteiger partial charge in [0.05, 0.1) is 0 Å². The average molecular weight is 205 g/mol. The fourth-order valence-electron chi connectivity index (χ4n) is 0.987. The van der Waals surface area contributed by atoms with Gasteiger partial charge in [0, 0.05) is 18.6 Å². The van der Waals surface area contributed by atoms with Crippen molar-refractivity contribution < 1.29 is 0 Å². The molecule has 0 aromatic carbocycles. The van der Waals surface area contributed by atoms with Crippen LogP contribution >= 0.6 is 12.2 Å². The lowest BCUT2D eigenvalue weighted by molar-refractivity contribution is 0.921. The van der Waals surface area contributed by atoms with Gasteiger partial charge in [-0.05, 0) is 6.07 Å². The van der Waals surface area contributed by atoms with Crippen LogP contribution in [0.1, 0.15) is 5.69 Å². The number of rotatable bonds is 2. The third-order valence-corrected chi connectivity index (χ3v) is 1.84. The minimum atomic E-state index is 0.258. The molecule has 70 valence electrons. The highest BCUT2D eigenvalue weighted by atomic mass is 32.1. The van der Waals surface area contributed by atoms with E-state index in [9.17, 15) is 0 Å². The van der Waals surface area contributed by atoms with Crippen LogP contribution < -0.4 is 5.73 Å². The highest BCUT2D eigenvalue weighted by Gasteiger charge is 2.02. The van der Waals surface area contributed by atoms with Gasteiger partial charge in [-0.2, -0.15) is 0 Å². The van der Waals surface area contributed by atoms with Crippen LogP contribution in [0.4, 0.5) is 0 Å². The minimum absolute atomic E-state index is 0.258. The Labute approximate surface area is 85.6 Å². The Morgan fingerprint density at radius 1 is 1.43 bits per heavy atom. The molecule has 0 atom stereocenters. The van der Waals surface area contributed by atoms with Gasteiger partial charge in [0.25, 0.3) is 0 Å². The van der Waals surface area contributed by atoms with Crippen molar-refractivity contribution in [2.75, 3.05) is 0 Å². The van der Waals surface area contributed by atoms with E-state index in [0.717, 1.165) is 0 Å². The van der Waals surface area contributed by atoms with Gasteiger partial charge in [-0.3, -0.25) is 4.57 Å². The van der Waals surface area contributed by atoms with E-state index in [1.807, 2.05) is 0 Å². The second-order valence-corrected chi connectivity index (χ2v) is 3.02. The molecule has 0 aliphatic carbocycles. The molecule has 0 saturated heterocycles. The molecule has 0 saturated carbocycles. The quantitative estimate of drug-likeness (QED) is 0.714. The van der Waals surface area contributed by atoms with Gasteiger partial charge >= 0.3 is 0 Å². The van der Waals surface area contributed by atoms with Crippen LogP contribution in [0.3, 0.4) is 0 Å². The Balaban J connectivity index is 2.46. The first kappa shape index (κ1) is 8.76. The topological polar surface area (TPSA) is 69.6 Å². The molecule has 0 aliphatic rings. The van der Waals surface area contributed by atoms with Crippen LogP contribution in [0.2, 0.25) is 0 Å². The van der Waals surface area contributed by atoms with Crippen LogP contribution in [-0.2, 0) is 0 Å². The van der Waals surface area contributed by atoms with Crippen LogP contribution in [-0.4, -0.2) is 24.5 Å². The maximum absolute atomic E-state index is 5.45. The molecule has 0 radical (unpaired) electrons. The van der Waals surface area contributed by atoms with Crippen LogP contribution in [0.5, 0.6) is 0 Å². The van der Waals surface area contributed by atoms with E-state index in [-0.39, 0.29) is 4.99 Å². The summed E-state index contributed by atoms with van der Waals surface area (Å²) in [6.45, 7) is 0. The maximum atomic E-state index is 5.45. The Morgan fingerprint density at radius 3 is 2.93 bits per heavy atom. The highest BCUT2D eigenvalue weighted by Crippen LogP contribution is 2.00. The van der Waals surface area contributed by atoms with Gasteiger partial charge in [-0.25, -0.2) is 15.0 Å². The summed E-state index contributed by atoms with van der Waals surface area (Å²) in [5.74, 6) is 0.507. The van der Waals surface area contributed by atoms with E-state index in [2.05, 4.69) is 15.0 Å². The summed E-state index contributed by atoms with van der Waals surface area (Å²) < 4.78 is 1.68. The molecule has 0 amide bonds. The van der Waals surface area contributed by atoms with Crippen molar-refractivity contribution in [2.24, 2.45) is 5.73 Å². The first-order valence-corrected chi connectivity index (χ1v) is 4.29. The van der Waals surface area contributed by atoms with E-state index in [4.69, 9.17) is 18.0 Å². The Kier molecular flexibility index (Phi) is 2.19. The number of hydrogen-bond acceptors (Lipinski definition) is 4. The summed E-state index contributed by atoms with van der Waals surface area (Å²) in [5.41, 5.74) is 6.01. The molecule has 2 N–H and O–H groups in total. The van der Waals surface area contributed by atoms with E-state index in [1.54, 1.807) is 35.6 Å². The van der Waals surface area contributed by atoms with Crippen molar-refractivity contribution in [1.82, 2.24) is 19.5 Å². The average Bonchev–Trinajstić information content (AvgIpc) is 2.71. The van der Waals surface area contributed by atoms with E-state index in [0.29, 0.717) is 11.6 Å². The minimum Gasteiger partial charge on any atom is -0.388 e. The highest BCUT2D eigenvalue weighted by molar-refractivity contribution is 7.80. The number of hydrogen-bond donors (Lipinski definition) is 1. The zero-order chi connectivity index (χ0) is 9.97. The maximum Gasteiger partial charge on any atom is 0.235 e. The summed E-state index contributed by atoms with van der Waals surface area (Å²) in [4.78, 5) is 12.4.